The van der Waals surface area contributed by atoms with E-state index in [0.717, 1.165) is 64.4 Å². The highest BCUT2D eigenvalue weighted by atomic mass is 16.5. The summed E-state index contributed by atoms with van der Waals surface area (Å²) >= 11 is 0. The summed E-state index contributed by atoms with van der Waals surface area (Å²) in [6, 6.07) is 19.2. The number of methoxy groups -OCH3 is 1. The zero-order chi connectivity index (χ0) is 25.1. The van der Waals surface area contributed by atoms with Gasteiger partial charge in [0.1, 0.15) is 12.4 Å². The van der Waals surface area contributed by atoms with Crippen molar-refractivity contribution < 1.29 is 19.7 Å². The Labute approximate surface area is 212 Å². The molecule has 0 bridgehead atoms. The molecule has 1 aliphatic rings. The van der Waals surface area contributed by atoms with Gasteiger partial charge in [-0.15, -0.1) is 0 Å². The lowest BCUT2D eigenvalue weighted by molar-refractivity contribution is 0.180. The summed E-state index contributed by atoms with van der Waals surface area (Å²) in [5, 5.41) is 19.0. The lowest BCUT2D eigenvalue weighted by atomic mass is 10.1. The third kappa shape index (κ3) is 5.00. The van der Waals surface area contributed by atoms with Crippen LogP contribution >= 0.6 is 0 Å². The molecular weight excluding hydrogens is 452 g/mol. The standard InChI is InChI=1S/C30H34N2O4/c1-21-26-19-25(34)11-12-27(26)32(30(21)23-7-9-24(33)10-8-23)20-22-6-13-28(29(18-22)35-2)36-17-16-31-14-4-3-5-15-31/h6-13,18-19,33-34H,3-5,14-17,20H2,1-2H3/p+1. The zero-order valence-corrected chi connectivity index (χ0v) is 21.1. The van der Waals surface area contributed by atoms with Crippen LogP contribution < -0.4 is 9.47 Å². The van der Waals surface area contributed by atoms with Crippen molar-refractivity contribution in [2.24, 2.45) is 0 Å². The number of likely N-dealkylation sites (tertiary alicyclic amines) is 1. The fourth-order valence-corrected chi connectivity index (χ4v) is 5.26. The number of aryl methyl sites for hydroxylation is 1. The molecule has 6 nitrogen and oxygen atoms in total. The first-order chi connectivity index (χ1) is 17.5. The van der Waals surface area contributed by atoms with Crippen molar-refractivity contribution in [3.63, 3.8) is 0 Å². The number of hydrogen-bond donors (Lipinski definition) is 1. The molecule has 3 N–H and O–H groups in total. The first-order valence-electron chi connectivity index (χ1n) is 12.7. The normalized spacial score (nSPS) is 14.3. The van der Waals surface area contributed by atoms with Crippen molar-refractivity contribution in [3.8, 4) is 34.3 Å². The Kier molecular flexibility index (Phi) is 7.05. The second kappa shape index (κ2) is 10.5. The maximum absolute atomic E-state index is 9.81. The lowest BCUT2D eigenvalue weighted by Gasteiger charge is -2.26. The molecule has 6 heteroatoms. The summed E-state index contributed by atoms with van der Waals surface area (Å²) in [6.45, 7) is 6.65. The third-order valence-electron chi connectivity index (χ3n) is 7.14. The highest BCUT2D eigenvalue weighted by Crippen LogP contribution is 2.37. The van der Waals surface area contributed by atoms with Crippen LogP contribution in [0.4, 0.5) is 0 Å². The Bertz CT molecular complexity index is 1340. The first-order valence-corrected chi connectivity index (χ1v) is 12.7. The second-order valence-electron chi connectivity index (χ2n) is 9.57. The number of ether oxygens (including phenoxy) is 2. The fourth-order valence-electron chi connectivity index (χ4n) is 5.26. The molecule has 0 atom stereocenters. The van der Waals surface area contributed by atoms with E-state index in [1.807, 2.05) is 36.4 Å². The van der Waals surface area contributed by atoms with Gasteiger partial charge in [0.15, 0.2) is 11.5 Å². The molecule has 0 aliphatic carbocycles. The maximum Gasteiger partial charge on any atom is 0.254 e. The Hall–Kier alpha value is -3.64. The number of aromatic hydroxyl groups is 1. The van der Waals surface area contributed by atoms with Gasteiger partial charge in [-0.05, 0) is 92.0 Å². The van der Waals surface area contributed by atoms with Crippen molar-refractivity contribution in [3.05, 3.63) is 71.8 Å². The van der Waals surface area contributed by atoms with Crippen LogP contribution in [0.3, 0.4) is 0 Å². The Morgan fingerprint density at radius 3 is 2.44 bits per heavy atom. The molecule has 3 aromatic carbocycles. The summed E-state index contributed by atoms with van der Waals surface area (Å²) in [5.74, 6) is 2.24. The Balaban J connectivity index is 1.43. The molecule has 0 amide bonds. The van der Waals surface area contributed by atoms with Gasteiger partial charge in [0.2, 0.25) is 0 Å². The smallest absolute Gasteiger partial charge is 0.254 e. The van der Waals surface area contributed by atoms with Crippen LogP contribution in [0.15, 0.2) is 60.7 Å². The van der Waals surface area contributed by atoms with Crippen LogP contribution in [0.2, 0.25) is 0 Å². The van der Waals surface area contributed by atoms with Crippen molar-refractivity contribution in [1.29, 1.82) is 0 Å². The molecule has 4 aromatic rings. The molecule has 188 valence electrons. The van der Waals surface area contributed by atoms with E-state index >= 15 is 0 Å². The Morgan fingerprint density at radius 1 is 0.917 bits per heavy atom. The van der Waals surface area contributed by atoms with Crippen molar-refractivity contribution >= 4 is 10.9 Å². The number of hydrogen-bond acceptors (Lipinski definition) is 4. The topological polar surface area (TPSA) is 69.8 Å². The largest absolute Gasteiger partial charge is 0.593 e. The van der Waals surface area contributed by atoms with Crippen LogP contribution in [0.1, 0.15) is 30.4 Å². The van der Waals surface area contributed by atoms with Crippen LogP contribution in [-0.4, -0.2) is 53.0 Å². The minimum atomic E-state index is 0.244. The zero-order valence-electron chi connectivity index (χ0n) is 21.1. The van der Waals surface area contributed by atoms with Gasteiger partial charge in [0.05, 0.1) is 12.8 Å². The lowest BCUT2D eigenvalue weighted by Crippen LogP contribution is -2.33. The van der Waals surface area contributed by atoms with Crippen molar-refractivity contribution in [2.75, 3.05) is 33.4 Å². The SMILES string of the molecule is COc1cc(Cn2c(-c3ccc(O)cc3)c(C)c3cc([OH2+])ccc32)ccc1OCCN1CCCCC1. The summed E-state index contributed by atoms with van der Waals surface area (Å²) < 4.78 is 14.1. The van der Waals surface area contributed by atoms with Crippen LogP contribution in [0, 0.1) is 6.92 Å². The van der Waals surface area contributed by atoms with E-state index in [9.17, 15) is 5.11 Å². The number of phenols is 1. The van der Waals surface area contributed by atoms with Gasteiger partial charge in [-0.1, -0.05) is 12.5 Å². The minimum Gasteiger partial charge on any atom is -0.593 e. The molecule has 0 spiro atoms. The van der Waals surface area contributed by atoms with Crippen molar-refractivity contribution in [1.82, 2.24) is 9.47 Å². The maximum atomic E-state index is 9.81. The third-order valence-corrected chi connectivity index (χ3v) is 7.14. The number of aromatic nitrogens is 1. The van der Waals surface area contributed by atoms with Crippen molar-refractivity contribution in [2.45, 2.75) is 32.7 Å². The molecule has 1 fully saturated rings. The van der Waals surface area contributed by atoms with E-state index in [-0.39, 0.29) is 5.75 Å². The van der Waals surface area contributed by atoms with E-state index in [4.69, 9.17) is 14.6 Å². The number of benzene rings is 3. The Morgan fingerprint density at radius 2 is 1.69 bits per heavy atom. The molecule has 5 rings (SSSR count). The number of fused-ring (bicyclic) bond motifs is 1. The molecule has 1 aromatic heterocycles. The first kappa shape index (κ1) is 24.1. The number of rotatable bonds is 8. The van der Waals surface area contributed by atoms with Gasteiger partial charge >= 0.3 is 0 Å². The fraction of sp³-hybridized carbons (Fsp3) is 0.333. The number of phenolic OH excluding ortho intramolecular Hbond substituents is 1. The average Bonchev–Trinajstić information content (AvgIpc) is 3.16. The van der Waals surface area contributed by atoms with E-state index < -0.39 is 0 Å². The van der Waals surface area contributed by atoms with E-state index in [1.165, 1.54) is 19.3 Å². The highest BCUT2D eigenvalue weighted by Gasteiger charge is 2.18. The predicted octanol–water partition coefficient (Wildman–Crippen LogP) is 5.68. The molecule has 2 heterocycles. The number of nitrogens with zero attached hydrogens (tertiary/aromatic N) is 2. The number of piperidine rings is 1. The van der Waals surface area contributed by atoms with E-state index in [2.05, 4.69) is 28.5 Å². The quantitative estimate of drug-likeness (QED) is 0.325. The summed E-state index contributed by atoms with van der Waals surface area (Å²) in [5.41, 5.74) is 5.40. The van der Waals surface area contributed by atoms with Crippen LogP contribution in [-0.2, 0) is 6.54 Å². The van der Waals surface area contributed by atoms with Gasteiger partial charge in [0.25, 0.3) is 5.75 Å². The van der Waals surface area contributed by atoms with Gasteiger partial charge in [-0.3, -0.25) is 4.90 Å². The van der Waals surface area contributed by atoms with E-state index in [0.29, 0.717) is 18.9 Å². The van der Waals surface area contributed by atoms with Crippen LogP contribution in [0.5, 0.6) is 23.0 Å². The molecule has 1 aliphatic heterocycles. The summed E-state index contributed by atoms with van der Waals surface area (Å²) in [6.07, 6.45) is 3.89. The molecule has 0 radical (unpaired) electrons. The molecule has 36 heavy (non-hydrogen) atoms. The minimum absolute atomic E-state index is 0.244. The molecule has 0 saturated carbocycles. The molecule has 1 saturated heterocycles. The van der Waals surface area contributed by atoms with Gasteiger partial charge in [-0.25, -0.2) is 0 Å². The monoisotopic (exact) mass is 487 g/mol. The van der Waals surface area contributed by atoms with Gasteiger partial charge < -0.3 is 24.3 Å². The highest BCUT2D eigenvalue weighted by molar-refractivity contribution is 5.92. The molecule has 0 unspecified atom stereocenters. The predicted molar refractivity (Wildman–Crippen MR) is 145 cm³/mol. The average molecular weight is 488 g/mol. The van der Waals surface area contributed by atoms with Crippen LogP contribution in [0.25, 0.3) is 22.2 Å². The second-order valence-corrected chi connectivity index (χ2v) is 9.57. The molecular formula is C30H35N2O4+. The summed E-state index contributed by atoms with van der Waals surface area (Å²) in [4.78, 5) is 2.47. The van der Waals surface area contributed by atoms with Gasteiger partial charge in [-0.2, -0.15) is 0 Å². The van der Waals surface area contributed by atoms with Gasteiger partial charge in [0, 0.05) is 36.1 Å². The van der Waals surface area contributed by atoms with E-state index in [1.54, 1.807) is 19.2 Å². The summed E-state index contributed by atoms with van der Waals surface area (Å²) in [7, 11) is 1.68.